The lowest BCUT2D eigenvalue weighted by Gasteiger charge is -2.12. The number of rotatable bonds is 5. The highest BCUT2D eigenvalue weighted by atomic mass is 35.5. The first kappa shape index (κ1) is 16.2. The maximum atomic E-state index is 13.5. The zero-order valence-corrected chi connectivity index (χ0v) is 13.1. The van der Waals surface area contributed by atoms with Crippen LogP contribution in [-0.4, -0.2) is 24.5 Å². The average molecular weight is 321 g/mol. The van der Waals surface area contributed by atoms with Crippen LogP contribution in [-0.2, 0) is 13.0 Å². The summed E-state index contributed by atoms with van der Waals surface area (Å²) in [7, 11) is 1.68. The van der Waals surface area contributed by atoms with E-state index in [1.165, 1.54) is 6.07 Å². The standard InChI is InChI=1S/C16H18ClFN4/c1-19-16(22-11-13-4-2-3-5-14(13)18)20-9-8-12-6-7-15(17)21-10-12/h2-7,10H,8-9,11H2,1H3,(H2,19,20,22). The molecule has 0 radical (unpaired) electrons. The monoisotopic (exact) mass is 320 g/mol. The van der Waals surface area contributed by atoms with E-state index in [-0.39, 0.29) is 5.82 Å². The van der Waals surface area contributed by atoms with E-state index >= 15 is 0 Å². The molecule has 0 aliphatic carbocycles. The number of nitrogens with zero attached hydrogens (tertiary/aromatic N) is 2. The Bertz CT molecular complexity index is 628. The molecule has 0 bridgehead atoms. The molecule has 0 atom stereocenters. The first-order valence-electron chi connectivity index (χ1n) is 6.97. The molecule has 1 aromatic carbocycles. The molecule has 2 rings (SSSR count). The highest BCUT2D eigenvalue weighted by Gasteiger charge is 2.02. The molecule has 6 heteroatoms. The van der Waals surface area contributed by atoms with Crippen LogP contribution in [0.1, 0.15) is 11.1 Å². The molecule has 22 heavy (non-hydrogen) atoms. The number of guanidine groups is 1. The van der Waals surface area contributed by atoms with Crippen LogP contribution in [0.3, 0.4) is 0 Å². The number of aromatic nitrogens is 1. The van der Waals surface area contributed by atoms with Gasteiger partial charge in [0, 0.05) is 31.9 Å². The van der Waals surface area contributed by atoms with Gasteiger partial charge in [-0.05, 0) is 24.1 Å². The molecule has 0 fully saturated rings. The van der Waals surface area contributed by atoms with Crippen LogP contribution in [0.25, 0.3) is 0 Å². The largest absolute Gasteiger partial charge is 0.356 e. The second-order valence-electron chi connectivity index (χ2n) is 4.68. The van der Waals surface area contributed by atoms with Crippen molar-refractivity contribution in [3.63, 3.8) is 0 Å². The quantitative estimate of drug-likeness (QED) is 0.506. The van der Waals surface area contributed by atoms with Gasteiger partial charge in [-0.2, -0.15) is 0 Å². The predicted molar refractivity (Wildman–Crippen MR) is 87.6 cm³/mol. The summed E-state index contributed by atoms with van der Waals surface area (Å²) in [4.78, 5) is 8.15. The Morgan fingerprint density at radius 1 is 1.23 bits per heavy atom. The van der Waals surface area contributed by atoms with Gasteiger partial charge in [0.1, 0.15) is 11.0 Å². The Hall–Kier alpha value is -2.14. The summed E-state index contributed by atoms with van der Waals surface area (Å²) >= 11 is 5.74. The molecule has 4 nitrogen and oxygen atoms in total. The van der Waals surface area contributed by atoms with E-state index in [1.54, 1.807) is 31.4 Å². The Morgan fingerprint density at radius 3 is 2.73 bits per heavy atom. The molecule has 0 aliphatic heterocycles. The molecule has 0 spiro atoms. The second-order valence-corrected chi connectivity index (χ2v) is 5.07. The summed E-state index contributed by atoms with van der Waals surface area (Å²) in [6.45, 7) is 1.08. The topological polar surface area (TPSA) is 49.3 Å². The van der Waals surface area contributed by atoms with E-state index in [9.17, 15) is 4.39 Å². The van der Waals surface area contributed by atoms with Crippen molar-refractivity contribution in [1.29, 1.82) is 0 Å². The number of hydrogen-bond acceptors (Lipinski definition) is 2. The highest BCUT2D eigenvalue weighted by Crippen LogP contribution is 2.06. The number of aliphatic imine (C=N–C) groups is 1. The highest BCUT2D eigenvalue weighted by molar-refractivity contribution is 6.29. The number of pyridine rings is 1. The molecule has 1 heterocycles. The lowest BCUT2D eigenvalue weighted by atomic mass is 10.2. The number of nitrogens with one attached hydrogen (secondary N) is 2. The SMILES string of the molecule is CN=C(NCCc1ccc(Cl)nc1)NCc1ccccc1F. The molecule has 2 N–H and O–H groups in total. The molecule has 0 saturated carbocycles. The van der Waals surface area contributed by atoms with E-state index in [4.69, 9.17) is 11.6 Å². The summed E-state index contributed by atoms with van der Waals surface area (Å²) in [6, 6.07) is 10.4. The Morgan fingerprint density at radius 2 is 2.05 bits per heavy atom. The number of halogens is 2. The van der Waals surface area contributed by atoms with Gasteiger partial charge in [-0.1, -0.05) is 35.9 Å². The van der Waals surface area contributed by atoms with Crippen molar-refractivity contribution < 1.29 is 4.39 Å². The summed E-state index contributed by atoms with van der Waals surface area (Å²) in [6.07, 6.45) is 2.55. The van der Waals surface area contributed by atoms with Gasteiger partial charge in [-0.3, -0.25) is 4.99 Å². The van der Waals surface area contributed by atoms with Crippen molar-refractivity contribution in [3.05, 3.63) is 64.7 Å². The van der Waals surface area contributed by atoms with Gasteiger partial charge in [-0.15, -0.1) is 0 Å². The zero-order valence-electron chi connectivity index (χ0n) is 12.3. The molecule has 116 valence electrons. The smallest absolute Gasteiger partial charge is 0.191 e. The first-order chi connectivity index (χ1) is 10.7. The fourth-order valence-corrected chi connectivity index (χ4v) is 2.03. The van der Waals surface area contributed by atoms with E-state index in [0.29, 0.717) is 29.8 Å². The van der Waals surface area contributed by atoms with E-state index < -0.39 is 0 Å². The summed E-state index contributed by atoms with van der Waals surface area (Å²) < 4.78 is 13.5. The third-order valence-corrected chi connectivity index (χ3v) is 3.35. The van der Waals surface area contributed by atoms with Gasteiger partial charge in [0.15, 0.2) is 5.96 Å². The van der Waals surface area contributed by atoms with E-state index in [2.05, 4.69) is 20.6 Å². The maximum absolute atomic E-state index is 13.5. The van der Waals surface area contributed by atoms with Crippen LogP contribution >= 0.6 is 11.6 Å². The van der Waals surface area contributed by atoms with Crippen molar-refractivity contribution in [2.24, 2.45) is 4.99 Å². The van der Waals surface area contributed by atoms with E-state index in [1.807, 2.05) is 12.1 Å². The van der Waals surface area contributed by atoms with Gasteiger partial charge in [-0.25, -0.2) is 9.37 Å². The van der Waals surface area contributed by atoms with E-state index in [0.717, 1.165) is 12.0 Å². The van der Waals surface area contributed by atoms with Crippen LogP contribution in [0, 0.1) is 5.82 Å². The van der Waals surface area contributed by atoms with Gasteiger partial charge >= 0.3 is 0 Å². The number of hydrogen-bond donors (Lipinski definition) is 2. The lowest BCUT2D eigenvalue weighted by Crippen LogP contribution is -2.38. The summed E-state index contributed by atoms with van der Waals surface area (Å²) in [5, 5.41) is 6.75. The second kappa shape index (κ2) is 8.34. The average Bonchev–Trinajstić information content (AvgIpc) is 2.54. The summed E-state index contributed by atoms with van der Waals surface area (Å²) in [5.74, 6) is 0.405. The van der Waals surface area contributed by atoms with Gasteiger partial charge in [0.05, 0.1) is 0 Å². The van der Waals surface area contributed by atoms with Crippen LogP contribution < -0.4 is 10.6 Å². The van der Waals surface area contributed by atoms with Gasteiger partial charge < -0.3 is 10.6 Å². The Kier molecular flexibility index (Phi) is 6.15. The zero-order chi connectivity index (χ0) is 15.8. The lowest BCUT2D eigenvalue weighted by molar-refractivity contribution is 0.604. The maximum Gasteiger partial charge on any atom is 0.191 e. The normalized spacial score (nSPS) is 11.3. The minimum Gasteiger partial charge on any atom is -0.356 e. The van der Waals surface area contributed by atoms with Crippen molar-refractivity contribution in [3.8, 4) is 0 Å². The van der Waals surface area contributed by atoms with Crippen molar-refractivity contribution in [2.45, 2.75) is 13.0 Å². The molecule has 0 aliphatic rings. The fraction of sp³-hybridized carbons (Fsp3) is 0.250. The Balaban J connectivity index is 1.78. The minimum atomic E-state index is -0.224. The molecule has 0 amide bonds. The molecule has 1 aromatic heterocycles. The first-order valence-corrected chi connectivity index (χ1v) is 7.35. The van der Waals surface area contributed by atoms with Crippen molar-refractivity contribution in [2.75, 3.05) is 13.6 Å². The Labute approximate surface area is 134 Å². The van der Waals surface area contributed by atoms with Crippen LogP contribution in [0.2, 0.25) is 5.15 Å². The third kappa shape index (κ3) is 5.00. The third-order valence-electron chi connectivity index (χ3n) is 3.12. The molecule has 0 unspecified atom stereocenters. The van der Waals surface area contributed by atoms with Gasteiger partial charge in [0.2, 0.25) is 0 Å². The van der Waals surface area contributed by atoms with Crippen molar-refractivity contribution in [1.82, 2.24) is 15.6 Å². The molecule has 0 saturated heterocycles. The minimum absolute atomic E-state index is 0.224. The van der Waals surface area contributed by atoms with Gasteiger partial charge in [0.25, 0.3) is 0 Å². The molecule has 2 aromatic rings. The number of benzene rings is 1. The molecular weight excluding hydrogens is 303 g/mol. The summed E-state index contributed by atoms with van der Waals surface area (Å²) in [5.41, 5.74) is 1.69. The molecular formula is C16H18ClFN4. The van der Waals surface area contributed by atoms with Crippen LogP contribution in [0.15, 0.2) is 47.6 Å². The van der Waals surface area contributed by atoms with Crippen molar-refractivity contribution >= 4 is 17.6 Å². The predicted octanol–water partition coefficient (Wildman–Crippen LogP) is 2.78. The van der Waals surface area contributed by atoms with Crippen LogP contribution in [0.5, 0.6) is 0 Å². The fourth-order valence-electron chi connectivity index (χ4n) is 1.92. The van der Waals surface area contributed by atoms with Crippen LogP contribution in [0.4, 0.5) is 4.39 Å².